The van der Waals surface area contributed by atoms with Gasteiger partial charge in [0.05, 0.1) is 5.69 Å². The summed E-state index contributed by atoms with van der Waals surface area (Å²) in [6, 6.07) is 9.66. The number of likely N-dealkylation sites (tertiary alicyclic amines) is 1. The van der Waals surface area contributed by atoms with E-state index in [1.807, 2.05) is 35.7 Å². The quantitative estimate of drug-likeness (QED) is 0.576. The highest BCUT2D eigenvalue weighted by Crippen LogP contribution is 2.21. The summed E-state index contributed by atoms with van der Waals surface area (Å²) in [5.41, 5.74) is 1.93. The molecule has 0 saturated carbocycles. The molecule has 0 aliphatic carbocycles. The highest BCUT2D eigenvalue weighted by atomic mass is 32.1. The molecule has 1 amide bonds. The van der Waals surface area contributed by atoms with Crippen molar-refractivity contribution in [3.8, 4) is 11.5 Å². The predicted octanol–water partition coefficient (Wildman–Crippen LogP) is 4.39. The SMILES string of the molecule is CC1CCN(Cc2csc(NC(=O)CCCc3nnc(-c4ccccc4)o3)n2)CC1. The molecule has 3 aromatic rings. The number of piperidine rings is 1. The highest BCUT2D eigenvalue weighted by Gasteiger charge is 2.17. The average molecular weight is 426 g/mol. The highest BCUT2D eigenvalue weighted by molar-refractivity contribution is 7.13. The van der Waals surface area contributed by atoms with Gasteiger partial charge in [-0.15, -0.1) is 21.5 Å². The monoisotopic (exact) mass is 425 g/mol. The number of thiazole rings is 1. The first-order valence-corrected chi connectivity index (χ1v) is 11.4. The van der Waals surface area contributed by atoms with Gasteiger partial charge < -0.3 is 9.73 Å². The molecule has 1 saturated heterocycles. The van der Waals surface area contributed by atoms with Crippen molar-refractivity contribution >= 4 is 22.4 Å². The molecule has 1 aromatic carbocycles. The minimum atomic E-state index is -0.0366. The van der Waals surface area contributed by atoms with E-state index in [1.165, 1.54) is 24.2 Å². The molecule has 0 bridgehead atoms. The van der Waals surface area contributed by atoms with Gasteiger partial charge in [0, 0.05) is 30.3 Å². The number of benzene rings is 1. The van der Waals surface area contributed by atoms with E-state index >= 15 is 0 Å². The summed E-state index contributed by atoms with van der Waals surface area (Å²) >= 11 is 1.49. The molecule has 0 radical (unpaired) electrons. The van der Waals surface area contributed by atoms with Gasteiger partial charge in [0.25, 0.3) is 0 Å². The summed E-state index contributed by atoms with van der Waals surface area (Å²) in [7, 11) is 0. The third-order valence-electron chi connectivity index (χ3n) is 5.34. The average Bonchev–Trinajstić information content (AvgIpc) is 3.40. The van der Waals surface area contributed by atoms with Gasteiger partial charge in [-0.05, 0) is 50.4 Å². The maximum absolute atomic E-state index is 12.2. The first-order chi connectivity index (χ1) is 14.7. The Morgan fingerprint density at radius 3 is 2.83 bits per heavy atom. The van der Waals surface area contributed by atoms with Crippen LogP contribution >= 0.6 is 11.3 Å². The molecule has 158 valence electrons. The topological polar surface area (TPSA) is 84.2 Å². The lowest BCUT2D eigenvalue weighted by atomic mass is 9.99. The van der Waals surface area contributed by atoms with Crippen LogP contribution in [-0.4, -0.2) is 39.1 Å². The normalized spacial score (nSPS) is 15.4. The van der Waals surface area contributed by atoms with Crippen molar-refractivity contribution in [3.63, 3.8) is 0 Å². The lowest BCUT2D eigenvalue weighted by Gasteiger charge is -2.29. The van der Waals surface area contributed by atoms with Gasteiger partial charge in [0.2, 0.25) is 17.7 Å². The molecule has 3 heterocycles. The maximum Gasteiger partial charge on any atom is 0.247 e. The number of amides is 1. The molecular weight excluding hydrogens is 398 g/mol. The predicted molar refractivity (Wildman–Crippen MR) is 117 cm³/mol. The Kier molecular flexibility index (Phi) is 6.86. The number of carbonyl (C=O) groups is 1. The Balaban J connectivity index is 1.19. The number of nitrogens with one attached hydrogen (secondary N) is 1. The summed E-state index contributed by atoms with van der Waals surface area (Å²) < 4.78 is 5.68. The molecule has 0 atom stereocenters. The van der Waals surface area contributed by atoms with Crippen LogP contribution in [0.4, 0.5) is 5.13 Å². The molecular formula is C22H27N5O2S. The molecule has 0 unspecified atom stereocenters. The minimum absolute atomic E-state index is 0.0366. The van der Waals surface area contributed by atoms with Crippen LogP contribution < -0.4 is 5.32 Å². The molecule has 2 aromatic heterocycles. The summed E-state index contributed by atoms with van der Waals surface area (Å²) in [5.74, 6) is 1.84. The van der Waals surface area contributed by atoms with Crippen LogP contribution in [0.15, 0.2) is 40.1 Å². The van der Waals surface area contributed by atoms with E-state index in [2.05, 4.69) is 32.3 Å². The molecule has 4 rings (SSSR count). The van der Waals surface area contributed by atoms with Crippen LogP contribution in [0.25, 0.3) is 11.5 Å². The van der Waals surface area contributed by atoms with Gasteiger partial charge in [-0.25, -0.2) is 4.98 Å². The summed E-state index contributed by atoms with van der Waals surface area (Å²) in [4.78, 5) is 19.3. The van der Waals surface area contributed by atoms with Crippen molar-refractivity contribution in [2.45, 2.75) is 45.6 Å². The standard InChI is InChI=1S/C22H27N5O2S/c1-16-10-12-27(13-11-16)14-18-15-30-22(23-18)24-19(28)8-5-9-20-25-26-21(29-20)17-6-3-2-4-7-17/h2-4,6-7,15-16H,5,8-14H2,1H3,(H,23,24,28). The number of anilines is 1. The lowest BCUT2D eigenvalue weighted by Crippen LogP contribution is -2.32. The molecule has 0 spiro atoms. The van der Waals surface area contributed by atoms with Crippen LogP contribution in [0.3, 0.4) is 0 Å². The van der Waals surface area contributed by atoms with Crippen molar-refractivity contribution in [1.29, 1.82) is 0 Å². The Morgan fingerprint density at radius 2 is 2.03 bits per heavy atom. The van der Waals surface area contributed by atoms with Gasteiger partial charge >= 0.3 is 0 Å². The largest absolute Gasteiger partial charge is 0.421 e. The second kappa shape index (κ2) is 9.95. The number of hydrogen-bond acceptors (Lipinski definition) is 7. The molecule has 1 aliphatic heterocycles. The first-order valence-electron chi connectivity index (χ1n) is 10.5. The zero-order valence-corrected chi connectivity index (χ0v) is 18.0. The van der Waals surface area contributed by atoms with Gasteiger partial charge in [-0.1, -0.05) is 25.1 Å². The Bertz CT molecular complexity index is 947. The number of aryl methyl sites for hydroxylation is 1. The zero-order chi connectivity index (χ0) is 20.8. The number of carbonyl (C=O) groups excluding carboxylic acids is 1. The lowest BCUT2D eigenvalue weighted by molar-refractivity contribution is -0.116. The second-order valence-electron chi connectivity index (χ2n) is 7.87. The van der Waals surface area contributed by atoms with Crippen LogP contribution in [0.1, 0.15) is 44.2 Å². The van der Waals surface area contributed by atoms with E-state index in [4.69, 9.17) is 4.42 Å². The number of nitrogens with zero attached hydrogens (tertiary/aromatic N) is 4. The van der Waals surface area contributed by atoms with Crippen LogP contribution in [0.5, 0.6) is 0 Å². The Labute approximate surface area is 180 Å². The van der Waals surface area contributed by atoms with E-state index in [1.54, 1.807) is 0 Å². The summed E-state index contributed by atoms with van der Waals surface area (Å²) in [6.07, 6.45) is 4.11. The summed E-state index contributed by atoms with van der Waals surface area (Å²) in [6.45, 7) is 5.43. The van der Waals surface area contributed by atoms with Gasteiger partial charge in [-0.2, -0.15) is 0 Å². The fraction of sp³-hybridized carbons (Fsp3) is 0.455. The van der Waals surface area contributed by atoms with Crippen LogP contribution in [-0.2, 0) is 17.8 Å². The molecule has 1 aliphatic rings. The fourth-order valence-electron chi connectivity index (χ4n) is 3.52. The van der Waals surface area contributed by atoms with Crippen molar-refractivity contribution in [1.82, 2.24) is 20.1 Å². The van der Waals surface area contributed by atoms with Crippen molar-refractivity contribution in [2.75, 3.05) is 18.4 Å². The smallest absolute Gasteiger partial charge is 0.247 e. The van der Waals surface area contributed by atoms with Gasteiger partial charge in [-0.3, -0.25) is 9.69 Å². The molecule has 8 heteroatoms. The second-order valence-corrected chi connectivity index (χ2v) is 8.73. The number of rotatable bonds is 8. The number of hydrogen-bond donors (Lipinski definition) is 1. The van der Waals surface area contributed by atoms with E-state index in [-0.39, 0.29) is 5.91 Å². The molecule has 7 nitrogen and oxygen atoms in total. The van der Waals surface area contributed by atoms with E-state index in [0.717, 1.165) is 36.8 Å². The molecule has 30 heavy (non-hydrogen) atoms. The van der Waals surface area contributed by atoms with E-state index in [9.17, 15) is 4.79 Å². The van der Waals surface area contributed by atoms with E-state index < -0.39 is 0 Å². The van der Waals surface area contributed by atoms with Crippen LogP contribution in [0, 0.1) is 5.92 Å². The Morgan fingerprint density at radius 1 is 1.23 bits per heavy atom. The van der Waals surface area contributed by atoms with Gasteiger partial charge in [0.15, 0.2) is 5.13 Å². The third kappa shape index (κ3) is 5.73. The van der Waals surface area contributed by atoms with Gasteiger partial charge in [0.1, 0.15) is 0 Å². The summed E-state index contributed by atoms with van der Waals surface area (Å²) in [5, 5.41) is 13.8. The minimum Gasteiger partial charge on any atom is -0.421 e. The fourth-order valence-corrected chi connectivity index (χ4v) is 4.24. The Hall–Kier alpha value is -2.58. The van der Waals surface area contributed by atoms with Crippen molar-refractivity contribution in [2.24, 2.45) is 5.92 Å². The third-order valence-corrected chi connectivity index (χ3v) is 6.15. The maximum atomic E-state index is 12.2. The van der Waals surface area contributed by atoms with Crippen molar-refractivity contribution in [3.05, 3.63) is 47.3 Å². The number of aromatic nitrogens is 3. The molecule has 1 N–H and O–H groups in total. The van der Waals surface area contributed by atoms with Crippen molar-refractivity contribution < 1.29 is 9.21 Å². The van der Waals surface area contributed by atoms with Crippen LogP contribution in [0.2, 0.25) is 0 Å². The zero-order valence-electron chi connectivity index (χ0n) is 17.2. The molecule has 1 fully saturated rings. The van der Waals surface area contributed by atoms with E-state index in [0.29, 0.717) is 36.2 Å². The first kappa shape index (κ1) is 20.7.